The predicted octanol–water partition coefficient (Wildman–Crippen LogP) is 8.04. The summed E-state index contributed by atoms with van der Waals surface area (Å²) in [5, 5.41) is 3.65. The van der Waals surface area contributed by atoms with E-state index in [2.05, 4.69) is 21.2 Å². The fourth-order valence-corrected chi connectivity index (χ4v) is 8.24. The summed E-state index contributed by atoms with van der Waals surface area (Å²) in [4.78, 5) is 30.3. The summed E-state index contributed by atoms with van der Waals surface area (Å²) >= 11 is 16.2. The Hall–Kier alpha value is -3.37. The molecule has 0 heterocycles. The average Bonchev–Trinajstić information content (AvgIpc) is 3.06. The van der Waals surface area contributed by atoms with E-state index >= 15 is 0 Å². The van der Waals surface area contributed by atoms with Crippen LogP contribution in [0.15, 0.2) is 112 Å². The number of hydrogen-bond donors (Lipinski definition) is 1. The quantitative estimate of drug-likeness (QED) is 0.159. The summed E-state index contributed by atoms with van der Waals surface area (Å²) in [5.74, 6) is -0.826. The molecule has 2 amide bonds. The van der Waals surface area contributed by atoms with Crippen LogP contribution in [-0.2, 0) is 32.6 Å². The van der Waals surface area contributed by atoms with Gasteiger partial charge in [0.2, 0.25) is 11.8 Å². The minimum absolute atomic E-state index is 0.00156. The van der Waals surface area contributed by atoms with Crippen LogP contribution in [0.3, 0.4) is 0 Å². The van der Waals surface area contributed by atoms with Gasteiger partial charge in [-0.1, -0.05) is 119 Å². The maximum Gasteiger partial charge on any atom is 0.264 e. The standard InChI is InChI=1S/C36H36BrCl2N3O4S/c37-28-14-10-13-27(19-28)24-41(34(20-26-11-4-1-5-12-26)36(44)40-31-15-6-2-7-16-31)35(43)25-42(32-22-29(38)21-30(39)23-32)47(45,46)33-17-8-3-9-18-33/h1,3-5,8-14,17-19,21-23,31,34H,2,6-7,15-16,20,24-25H2,(H,40,44)/t34-/m0/s1. The van der Waals surface area contributed by atoms with E-state index in [9.17, 15) is 18.0 Å². The molecule has 246 valence electrons. The van der Waals surface area contributed by atoms with Crippen LogP contribution in [0.4, 0.5) is 5.69 Å². The van der Waals surface area contributed by atoms with Crippen LogP contribution < -0.4 is 9.62 Å². The van der Waals surface area contributed by atoms with Crippen LogP contribution in [0, 0.1) is 0 Å². The molecule has 0 aliphatic heterocycles. The third kappa shape index (κ3) is 9.38. The minimum atomic E-state index is -4.26. The van der Waals surface area contributed by atoms with Crippen molar-refractivity contribution in [1.82, 2.24) is 10.2 Å². The van der Waals surface area contributed by atoms with Crippen molar-refractivity contribution in [3.8, 4) is 0 Å². The number of nitrogens with one attached hydrogen (secondary N) is 1. The van der Waals surface area contributed by atoms with Crippen LogP contribution >= 0.6 is 39.1 Å². The topological polar surface area (TPSA) is 86.8 Å². The zero-order chi connectivity index (χ0) is 33.4. The molecule has 5 rings (SSSR count). The Kier molecular flexibility index (Phi) is 12.0. The highest BCUT2D eigenvalue weighted by Gasteiger charge is 2.35. The van der Waals surface area contributed by atoms with E-state index in [0.29, 0.717) is 0 Å². The van der Waals surface area contributed by atoms with Gasteiger partial charge in [-0.05, 0) is 66.4 Å². The number of anilines is 1. The van der Waals surface area contributed by atoms with Crippen LogP contribution in [0.5, 0.6) is 0 Å². The van der Waals surface area contributed by atoms with Crippen LogP contribution in [0.25, 0.3) is 0 Å². The summed E-state index contributed by atoms with van der Waals surface area (Å²) in [7, 11) is -4.26. The zero-order valence-corrected chi connectivity index (χ0v) is 29.6. The lowest BCUT2D eigenvalue weighted by molar-refractivity contribution is -0.140. The van der Waals surface area contributed by atoms with Gasteiger partial charge >= 0.3 is 0 Å². The molecule has 4 aromatic rings. The molecule has 0 radical (unpaired) electrons. The number of nitrogens with zero attached hydrogens (tertiary/aromatic N) is 2. The molecular weight excluding hydrogens is 721 g/mol. The first-order valence-electron chi connectivity index (χ1n) is 15.5. The van der Waals surface area contributed by atoms with Crippen molar-refractivity contribution < 1.29 is 18.0 Å². The normalized spacial score (nSPS) is 14.3. The van der Waals surface area contributed by atoms with Gasteiger partial charge in [0, 0.05) is 33.5 Å². The molecule has 7 nitrogen and oxygen atoms in total. The molecule has 1 atom stereocenters. The monoisotopic (exact) mass is 755 g/mol. The number of hydrogen-bond acceptors (Lipinski definition) is 4. The number of halogens is 3. The average molecular weight is 758 g/mol. The molecule has 0 unspecified atom stereocenters. The van der Waals surface area contributed by atoms with E-state index < -0.39 is 28.5 Å². The maximum absolute atomic E-state index is 14.7. The highest BCUT2D eigenvalue weighted by molar-refractivity contribution is 9.10. The fourth-order valence-electron chi connectivity index (χ4n) is 5.86. The van der Waals surface area contributed by atoms with Gasteiger partial charge in [-0.15, -0.1) is 0 Å². The van der Waals surface area contributed by atoms with Crippen molar-refractivity contribution in [2.45, 2.75) is 62.0 Å². The van der Waals surface area contributed by atoms with Crippen molar-refractivity contribution in [3.63, 3.8) is 0 Å². The van der Waals surface area contributed by atoms with Crippen molar-refractivity contribution in [3.05, 3.63) is 129 Å². The van der Waals surface area contributed by atoms with Gasteiger partial charge in [-0.25, -0.2) is 8.42 Å². The SMILES string of the molecule is O=C(NC1CCCCC1)[C@H](Cc1ccccc1)N(Cc1cccc(Br)c1)C(=O)CN(c1cc(Cl)cc(Cl)c1)S(=O)(=O)c1ccccc1. The Balaban J connectivity index is 1.58. The second-order valence-electron chi connectivity index (χ2n) is 11.7. The van der Waals surface area contributed by atoms with Gasteiger partial charge in [-0.3, -0.25) is 13.9 Å². The van der Waals surface area contributed by atoms with E-state index in [0.717, 1.165) is 52.0 Å². The fraction of sp³-hybridized carbons (Fsp3) is 0.278. The zero-order valence-electron chi connectivity index (χ0n) is 25.7. The molecule has 1 N–H and O–H groups in total. The first-order chi connectivity index (χ1) is 22.6. The van der Waals surface area contributed by atoms with Gasteiger partial charge in [0.1, 0.15) is 12.6 Å². The molecule has 1 saturated carbocycles. The van der Waals surface area contributed by atoms with Gasteiger partial charge in [-0.2, -0.15) is 0 Å². The summed E-state index contributed by atoms with van der Waals surface area (Å²) in [6.07, 6.45) is 5.19. The summed E-state index contributed by atoms with van der Waals surface area (Å²) in [6, 6.07) is 28.4. The highest BCUT2D eigenvalue weighted by atomic mass is 79.9. The molecule has 4 aromatic carbocycles. The summed E-state index contributed by atoms with van der Waals surface area (Å²) in [5.41, 5.74) is 1.78. The van der Waals surface area contributed by atoms with Gasteiger partial charge in [0.05, 0.1) is 10.6 Å². The number of carbonyl (C=O) groups is 2. The Labute approximate surface area is 295 Å². The second-order valence-corrected chi connectivity index (χ2v) is 15.3. The molecule has 0 bridgehead atoms. The number of amides is 2. The van der Waals surface area contributed by atoms with Gasteiger partial charge in [0.15, 0.2) is 0 Å². The Morgan fingerprint density at radius 1 is 0.809 bits per heavy atom. The lowest BCUT2D eigenvalue weighted by Gasteiger charge is -2.35. The first kappa shape index (κ1) is 35.0. The summed E-state index contributed by atoms with van der Waals surface area (Å²) < 4.78 is 30.1. The third-order valence-corrected chi connectivity index (χ3v) is 10.9. The molecule has 0 saturated heterocycles. The van der Waals surface area contributed by atoms with Crippen molar-refractivity contribution in [2.75, 3.05) is 10.8 Å². The first-order valence-corrected chi connectivity index (χ1v) is 18.5. The number of rotatable bonds is 12. The van der Waals surface area contributed by atoms with E-state index in [1.54, 1.807) is 18.2 Å². The van der Waals surface area contributed by atoms with Crippen molar-refractivity contribution in [2.24, 2.45) is 0 Å². The van der Waals surface area contributed by atoms with Gasteiger partial charge in [0.25, 0.3) is 10.0 Å². The van der Waals surface area contributed by atoms with Crippen LogP contribution in [-0.4, -0.2) is 43.8 Å². The van der Waals surface area contributed by atoms with E-state index in [1.807, 2.05) is 54.6 Å². The highest BCUT2D eigenvalue weighted by Crippen LogP contribution is 2.30. The molecule has 0 aromatic heterocycles. The molecule has 1 aliphatic carbocycles. The third-order valence-electron chi connectivity index (χ3n) is 8.21. The Morgan fingerprint density at radius 3 is 2.06 bits per heavy atom. The van der Waals surface area contributed by atoms with E-state index in [4.69, 9.17) is 23.2 Å². The smallest absolute Gasteiger partial charge is 0.264 e. The van der Waals surface area contributed by atoms with Crippen LogP contribution in [0.1, 0.15) is 43.2 Å². The minimum Gasteiger partial charge on any atom is -0.352 e. The number of benzene rings is 4. The lowest BCUT2D eigenvalue weighted by Crippen LogP contribution is -2.55. The van der Waals surface area contributed by atoms with E-state index in [-0.39, 0.29) is 45.5 Å². The number of carbonyl (C=O) groups excluding carboxylic acids is 2. The maximum atomic E-state index is 14.7. The van der Waals surface area contributed by atoms with Crippen molar-refractivity contribution >= 4 is 66.7 Å². The molecule has 11 heteroatoms. The number of sulfonamides is 1. The summed E-state index contributed by atoms with van der Waals surface area (Å²) in [6.45, 7) is -0.521. The molecule has 47 heavy (non-hydrogen) atoms. The Morgan fingerprint density at radius 2 is 1.43 bits per heavy atom. The van der Waals surface area contributed by atoms with E-state index in [1.165, 1.54) is 35.2 Å². The van der Waals surface area contributed by atoms with Crippen molar-refractivity contribution in [1.29, 1.82) is 0 Å². The molecular formula is C36H36BrCl2N3O4S. The van der Waals surface area contributed by atoms with Crippen LogP contribution in [0.2, 0.25) is 10.0 Å². The molecule has 1 fully saturated rings. The Bertz CT molecular complexity index is 1770. The molecule has 0 spiro atoms. The lowest BCUT2D eigenvalue weighted by atomic mass is 9.94. The second kappa shape index (κ2) is 16.2. The van der Waals surface area contributed by atoms with Gasteiger partial charge < -0.3 is 10.2 Å². The largest absolute Gasteiger partial charge is 0.352 e. The molecule has 1 aliphatic rings. The predicted molar refractivity (Wildman–Crippen MR) is 191 cm³/mol.